The van der Waals surface area contributed by atoms with E-state index in [-0.39, 0.29) is 17.1 Å². The smallest absolute Gasteiger partial charge is 0.399 e. The number of nitrogens with two attached hydrogens (primary N) is 3. The van der Waals surface area contributed by atoms with Gasteiger partial charge in [0.15, 0.2) is 0 Å². The van der Waals surface area contributed by atoms with Gasteiger partial charge in [-0.1, -0.05) is 12.1 Å². The molecule has 0 saturated carbocycles. The summed E-state index contributed by atoms with van der Waals surface area (Å²) in [5, 5.41) is 0. The summed E-state index contributed by atoms with van der Waals surface area (Å²) >= 11 is 0. The molecule has 0 heterocycles. The highest BCUT2D eigenvalue weighted by atomic mass is 19.4. The van der Waals surface area contributed by atoms with Crippen LogP contribution in [0.15, 0.2) is 42.5 Å². The van der Waals surface area contributed by atoms with Crippen molar-refractivity contribution < 1.29 is 26.3 Å². The molecule has 0 saturated heterocycles. The number of hydrogen-bond donors (Lipinski definition) is 3. The van der Waals surface area contributed by atoms with E-state index in [0.717, 1.165) is 18.2 Å². The minimum Gasteiger partial charge on any atom is -0.399 e. The number of halogens is 6. The molecule has 9 heteroatoms. The van der Waals surface area contributed by atoms with Gasteiger partial charge in [-0.25, -0.2) is 0 Å². The SMILES string of the molecule is Nc1cccc(C(c2cc(N)cc(N)c2)(C(F)(F)F)C(F)(F)F)c1. The summed E-state index contributed by atoms with van der Waals surface area (Å²) in [7, 11) is 0. The number of hydrogen-bond acceptors (Lipinski definition) is 3. The van der Waals surface area contributed by atoms with Gasteiger partial charge >= 0.3 is 12.4 Å². The lowest BCUT2D eigenvalue weighted by molar-refractivity contribution is -0.288. The molecular formula is C15H13F6N3. The van der Waals surface area contributed by atoms with Crippen molar-refractivity contribution in [3.8, 4) is 0 Å². The minimum absolute atomic E-state index is 0.234. The highest BCUT2D eigenvalue weighted by Crippen LogP contribution is 2.56. The Labute approximate surface area is 133 Å². The first-order chi connectivity index (χ1) is 10.9. The lowest BCUT2D eigenvalue weighted by Gasteiger charge is -2.38. The summed E-state index contributed by atoms with van der Waals surface area (Å²) in [6, 6.07) is 5.86. The first kappa shape index (κ1) is 17.8. The van der Waals surface area contributed by atoms with Crippen LogP contribution in [0.5, 0.6) is 0 Å². The molecule has 0 bridgehead atoms. The van der Waals surface area contributed by atoms with Crippen LogP contribution in [0.3, 0.4) is 0 Å². The lowest BCUT2D eigenvalue weighted by atomic mass is 9.72. The monoisotopic (exact) mass is 349 g/mol. The van der Waals surface area contributed by atoms with E-state index in [1.807, 2.05) is 0 Å². The predicted molar refractivity (Wildman–Crippen MR) is 79.0 cm³/mol. The Balaban J connectivity index is 2.97. The molecule has 0 radical (unpaired) electrons. The van der Waals surface area contributed by atoms with E-state index in [0.29, 0.717) is 18.2 Å². The Kier molecular flexibility index (Phi) is 4.07. The molecule has 0 spiro atoms. The molecule has 24 heavy (non-hydrogen) atoms. The van der Waals surface area contributed by atoms with Crippen LogP contribution in [0.2, 0.25) is 0 Å². The average Bonchev–Trinajstić information content (AvgIpc) is 2.34. The van der Waals surface area contributed by atoms with Crippen LogP contribution < -0.4 is 17.2 Å². The van der Waals surface area contributed by atoms with Crippen molar-refractivity contribution >= 4 is 17.1 Å². The summed E-state index contributed by atoms with van der Waals surface area (Å²) in [4.78, 5) is 0. The highest BCUT2D eigenvalue weighted by molar-refractivity contribution is 5.60. The molecule has 0 amide bonds. The van der Waals surface area contributed by atoms with E-state index < -0.39 is 28.9 Å². The summed E-state index contributed by atoms with van der Waals surface area (Å²) in [5.74, 6) is 0. The zero-order valence-corrected chi connectivity index (χ0v) is 12.0. The van der Waals surface area contributed by atoms with Crippen LogP contribution >= 0.6 is 0 Å². The van der Waals surface area contributed by atoms with Crippen LogP contribution in [0, 0.1) is 0 Å². The van der Waals surface area contributed by atoms with Gasteiger partial charge in [0.05, 0.1) is 0 Å². The van der Waals surface area contributed by atoms with E-state index in [2.05, 4.69) is 0 Å². The fraction of sp³-hybridized carbons (Fsp3) is 0.200. The molecule has 0 unspecified atom stereocenters. The zero-order chi connectivity index (χ0) is 18.3. The van der Waals surface area contributed by atoms with Crippen LogP contribution in [-0.2, 0) is 5.41 Å². The van der Waals surface area contributed by atoms with Crippen molar-refractivity contribution in [2.75, 3.05) is 17.2 Å². The Bertz CT molecular complexity index is 717. The van der Waals surface area contributed by atoms with Gasteiger partial charge in [-0.2, -0.15) is 26.3 Å². The minimum atomic E-state index is -5.71. The third-order valence-corrected chi connectivity index (χ3v) is 3.58. The molecule has 3 nitrogen and oxygen atoms in total. The van der Waals surface area contributed by atoms with Gasteiger partial charge < -0.3 is 17.2 Å². The molecule has 0 atom stereocenters. The molecule has 6 N–H and O–H groups in total. The van der Waals surface area contributed by atoms with E-state index in [1.54, 1.807) is 0 Å². The number of benzene rings is 2. The quantitative estimate of drug-likeness (QED) is 0.569. The van der Waals surface area contributed by atoms with E-state index in [1.165, 1.54) is 6.07 Å². The van der Waals surface area contributed by atoms with Crippen molar-refractivity contribution in [2.45, 2.75) is 17.8 Å². The maximum atomic E-state index is 13.8. The second-order valence-corrected chi connectivity index (χ2v) is 5.26. The standard InChI is InChI=1S/C15H13F6N3/c16-14(17,18)13(15(19,20)21,8-2-1-3-10(22)4-8)9-5-11(23)7-12(24)6-9/h1-7H,22-24H2. The van der Waals surface area contributed by atoms with E-state index in [9.17, 15) is 26.3 Å². The number of anilines is 3. The van der Waals surface area contributed by atoms with Crippen molar-refractivity contribution in [2.24, 2.45) is 0 Å². The summed E-state index contributed by atoms with van der Waals surface area (Å²) in [5.41, 5.74) is 8.87. The van der Waals surface area contributed by atoms with Gasteiger partial charge in [0, 0.05) is 17.1 Å². The Hall–Kier alpha value is -2.58. The molecule has 0 aliphatic rings. The number of alkyl halides is 6. The van der Waals surface area contributed by atoms with Crippen molar-refractivity contribution in [1.29, 1.82) is 0 Å². The van der Waals surface area contributed by atoms with Gasteiger partial charge in [0.1, 0.15) is 0 Å². The molecule has 0 aliphatic carbocycles. The topological polar surface area (TPSA) is 78.1 Å². The fourth-order valence-corrected chi connectivity index (χ4v) is 2.65. The fourth-order valence-electron chi connectivity index (χ4n) is 2.65. The highest BCUT2D eigenvalue weighted by Gasteiger charge is 2.72. The molecule has 2 aromatic rings. The van der Waals surface area contributed by atoms with Crippen molar-refractivity contribution in [1.82, 2.24) is 0 Å². The predicted octanol–water partition coefficient (Wildman–Crippen LogP) is 3.84. The molecule has 130 valence electrons. The van der Waals surface area contributed by atoms with Gasteiger partial charge in [-0.15, -0.1) is 0 Å². The molecule has 0 aliphatic heterocycles. The van der Waals surface area contributed by atoms with Crippen LogP contribution in [0.4, 0.5) is 43.4 Å². The Morgan fingerprint density at radius 3 is 1.46 bits per heavy atom. The summed E-state index contributed by atoms with van der Waals surface area (Å²) in [6.07, 6.45) is -11.4. The van der Waals surface area contributed by atoms with Crippen molar-refractivity contribution in [3.05, 3.63) is 53.6 Å². The number of nitrogen functional groups attached to an aromatic ring is 3. The van der Waals surface area contributed by atoms with E-state index in [4.69, 9.17) is 17.2 Å². The van der Waals surface area contributed by atoms with Crippen LogP contribution in [0.25, 0.3) is 0 Å². The molecule has 0 fully saturated rings. The normalized spacial score (nSPS) is 13.1. The second kappa shape index (κ2) is 5.50. The zero-order valence-electron chi connectivity index (χ0n) is 12.0. The molecule has 0 aromatic heterocycles. The molecule has 2 aromatic carbocycles. The average molecular weight is 349 g/mol. The van der Waals surface area contributed by atoms with Gasteiger partial charge in [0.2, 0.25) is 5.41 Å². The summed E-state index contributed by atoms with van der Waals surface area (Å²) in [6.45, 7) is 0. The van der Waals surface area contributed by atoms with Crippen LogP contribution in [-0.4, -0.2) is 12.4 Å². The van der Waals surface area contributed by atoms with E-state index >= 15 is 0 Å². The van der Waals surface area contributed by atoms with Gasteiger partial charge in [-0.3, -0.25) is 0 Å². The third kappa shape index (κ3) is 2.70. The second-order valence-electron chi connectivity index (χ2n) is 5.26. The Morgan fingerprint density at radius 2 is 1.04 bits per heavy atom. The van der Waals surface area contributed by atoms with Crippen molar-refractivity contribution in [3.63, 3.8) is 0 Å². The largest absolute Gasteiger partial charge is 0.411 e. The lowest BCUT2D eigenvalue weighted by Crippen LogP contribution is -2.54. The molecular weight excluding hydrogens is 336 g/mol. The first-order valence-electron chi connectivity index (χ1n) is 6.55. The molecule has 2 rings (SSSR count). The Morgan fingerprint density at radius 1 is 0.583 bits per heavy atom. The van der Waals surface area contributed by atoms with Gasteiger partial charge in [0.25, 0.3) is 0 Å². The third-order valence-electron chi connectivity index (χ3n) is 3.58. The maximum Gasteiger partial charge on any atom is 0.411 e. The maximum absolute atomic E-state index is 13.8. The first-order valence-corrected chi connectivity index (χ1v) is 6.55. The summed E-state index contributed by atoms with van der Waals surface area (Å²) < 4.78 is 82.8. The van der Waals surface area contributed by atoms with Crippen LogP contribution in [0.1, 0.15) is 11.1 Å². The number of rotatable bonds is 2. The van der Waals surface area contributed by atoms with Gasteiger partial charge in [-0.05, 0) is 41.5 Å².